The Morgan fingerprint density at radius 3 is 2.69 bits per heavy atom. The van der Waals surface area contributed by atoms with Crippen LogP contribution in [0, 0.1) is 12.8 Å². The molecular formula is C28H36N6O4S. The van der Waals surface area contributed by atoms with Gasteiger partial charge in [0.05, 0.1) is 28.2 Å². The van der Waals surface area contributed by atoms with Crippen LogP contribution in [0.15, 0.2) is 35.5 Å². The molecule has 11 heteroatoms. The first-order chi connectivity index (χ1) is 18.9. The van der Waals surface area contributed by atoms with Gasteiger partial charge in [0, 0.05) is 29.8 Å². The van der Waals surface area contributed by atoms with Gasteiger partial charge in [-0.3, -0.25) is 14.5 Å². The monoisotopic (exact) mass is 552 g/mol. The highest BCUT2D eigenvalue weighted by molar-refractivity contribution is 8.04. The molecule has 2 saturated heterocycles. The van der Waals surface area contributed by atoms with Gasteiger partial charge in [0.15, 0.2) is 0 Å². The molecule has 3 aliphatic heterocycles. The van der Waals surface area contributed by atoms with E-state index in [0.29, 0.717) is 22.9 Å². The van der Waals surface area contributed by atoms with E-state index in [1.807, 2.05) is 17.9 Å². The molecule has 39 heavy (non-hydrogen) atoms. The molecule has 0 spiro atoms. The number of thioether (sulfide) groups is 1. The molecule has 3 unspecified atom stereocenters. The lowest BCUT2D eigenvalue weighted by Gasteiger charge is -2.46. The van der Waals surface area contributed by atoms with Gasteiger partial charge < -0.3 is 26.0 Å². The number of nitrogens with one attached hydrogen (secondary N) is 4. The number of piperidine rings is 1. The van der Waals surface area contributed by atoms with E-state index in [-0.39, 0.29) is 53.4 Å². The standard InChI is InChI=1S/C28H36N6O4S/c1-3-21(35)31-16-8-9-17(13-16)32-26(36)25-24-23-19(10-11-29-27(23)39-25)34(28(37)33-24)20-14-30-22(12-15(20)2)38-18-6-4-5-7-18/h3,12,14,16-19,23,27,29H,1,4-11,13H2,2H3,(H,31,35)(H,32,36)(H,33,37)/t16-,17+,19?,23?,27?/m0/s1. The molecule has 10 nitrogen and oxygen atoms in total. The van der Waals surface area contributed by atoms with E-state index < -0.39 is 0 Å². The van der Waals surface area contributed by atoms with E-state index in [2.05, 4.69) is 32.8 Å². The molecule has 4 amide bonds. The molecular weight excluding hydrogens is 516 g/mol. The van der Waals surface area contributed by atoms with Crippen molar-refractivity contribution in [3.63, 3.8) is 0 Å². The molecule has 208 valence electrons. The van der Waals surface area contributed by atoms with Crippen LogP contribution in [-0.4, -0.2) is 59.0 Å². The van der Waals surface area contributed by atoms with Crippen LogP contribution in [0.1, 0.15) is 56.9 Å². The van der Waals surface area contributed by atoms with Gasteiger partial charge in [-0.05, 0) is 76.5 Å². The lowest BCUT2D eigenvalue weighted by Crippen LogP contribution is -2.62. The van der Waals surface area contributed by atoms with Gasteiger partial charge in [-0.2, -0.15) is 0 Å². The van der Waals surface area contributed by atoms with Crippen molar-refractivity contribution in [1.29, 1.82) is 0 Å². The topological polar surface area (TPSA) is 125 Å². The van der Waals surface area contributed by atoms with Crippen molar-refractivity contribution >= 4 is 35.3 Å². The van der Waals surface area contributed by atoms with Crippen molar-refractivity contribution in [2.75, 3.05) is 11.4 Å². The molecule has 4 heterocycles. The summed E-state index contributed by atoms with van der Waals surface area (Å²) in [5, 5.41) is 12.7. The third kappa shape index (κ3) is 5.14. The van der Waals surface area contributed by atoms with Crippen LogP contribution in [-0.2, 0) is 9.59 Å². The number of hydrogen-bond donors (Lipinski definition) is 4. The fourth-order valence-electron chi connectivity index (χ4n) is 6.67. The summed E-state index contributed by atoms with van der Waals surface area (Å²) in [7, 11) is 0. The first kappa shape index (κ1) is 26.2. The van der Waals surface area contributed by atoms with Gasteiger partial charge in [0.25, 0.3) is 5.91 Å². The molecule has 5 aliphatic rings. The third-order valence-electron chi connectivity index (χ3n) is 8.55. The molecule has 6 rings (SSSR count). The second kappa shape index (κ2) is 10.8. The Morgan fingerprint density at radius 2 is 1.95 bits per heavy atom. The highest BCUT2D eigenvalue weighted by atomic mass is 32.2. The number of ether oxygens (including phenoxy) is 1. The Labute approximate surface area is 232 Å². The quantitative estimate of drug-likeness (QED) is 0.384. The minimum atomic E-state index is -0.234. The second-order valence-corrected chi connectivity index (χ2v) is 12.3. The van der Waals surface area contributed by atoms with Crippen LogP contribution >= 0.6 is 11.8 Å². The smallest absolute Gasteiger partial charge is 0.326 e. The summed E-state index contributed by atoms with van der Waals surface area (Å²) in [5.41, 5.74) is 2.43. The van der Waals surface area contributed by atoms with Crippen LogP contribution in [0.3, 0.4) is 0 Å². The summed E-state index contributed by atoms with van der Waals surface area (Å²) in [6.45, 7) is 6.25. The fourth-order valence-corrected chi connectivity index (χ4v) is 8.07. The molecule has 4 fully saturated rings. The van der Waals surface area contributed by atoms with Crippen LogP contribution in [0.4, 0.5) is 10.5 Å². The van der Waals surface area contributed by atoms with E-state index >= 15 is 0 Å². The summed E-state index contributed by atoms with van der Waals surface area (Å²) in [6.07, 6.45) is 10.8. The van der Waals surface area contributed by atoms with Crippen molar-refractivity contribution in [2.45, 2.75) is 87.9 Å². The summed E-state index contributed by atoms with van der Waals surface area (Å²) < 4.78 is 6.08. The highest BCUT2D eigenvalue weighted by Gasteiger charge is 2.52. The van der Waals surface area contributed by atoms with Crippen molar-refractivity contribution in [3.8, 4) is 5.88 Å². The van der Waals surface area contributed by atoms with E-state index in [1.54, 1.807) is 6.20 Å². The Hall–Kier alpha value is -3.05. The Morgan fingerprint density at radius 1 is 1.18 bits per heavy atom. The molecule has 2 aliphatic carbocycles. The molecule has 1 aromatic heterocycles. The third-order valence-corrected chi connectivity index (χ3v) is 9.91. The number of rotatable bonds is 7. The van der Waals surface area contributed by atoms with Gasteiger partial charge in [-0.1, -0.05) is 18.3 Å². The first-order valence-electron chi connectivity index (χ1n) is 14.0. The van der Waals surface area contributed by atoms with Crippen LogP contribution in [0.5, 0.6) is 5.88 Å². The van der Waals surface area contributed by atoms with Gasteiger partial charge in [-0.25, -0.2) is 9.78 Å². The number of aryl methyl sites for hydroxylation is 1. The maximum Gasteiger partial charge on any atom is 0.326 e. The van der Waals surface area contributed by atoms with Gasteiger partial charge >= 0.3 is 6.03 Å². The average Bonchev–Trinajstić information content (AvgIpc) is 3.67. The number of pyridine rings is 1. The van der Waals surface area contributed by atoms with E-state index in [0.717, 1.165) is 49.9 Å². The lowest BCUT2D eigenvalue weighted by atomic mass is 9.86. The molecule has 0 aromatic carbocycles. The fraction of sp³-hybridized carbons (Fsp3) is 0.571. The number of nitrogens with zero attached hydrogens (tertiary/aromatic N) is 2. The maximum absolute atomic E-state index is 13.6. The summed E-state index contributed by atoms with van der Waals surface area (Å²) in [6, 6.07) is 1.62. The first-order valence-corrected chi connectivity index (χ1v) is 14.9. The number of aromatic nitrogens is 1. The van der Waals surface area contributed by atoms with Crippen molar-refractivity contribution < 1.29 is 19.1 Å². The predicted molar refractivity (Wildman–Crippen MR) is 149 cm³/mol. The number of hydrogen-bond acceptors (Lipinski definition) is 7. The summed E-state index contributed by atoms with van der Waals surface area (Å²) in [5.74, 6) is 0.225. The zero-order valence-corrected chi connectivity index (χ0v) is 23.0. The highest BCUT2D eigenvalue weighted by Crippen LogP contribution is 2.48. The lowest BCUT2D eigenvalue weighted by molar-refractivity contribution is -0.117. The normalized spacial score (nSPS) is 30.1. The van der Waals surface area contributed by atoms with Crippen molar-refractivity contribution in [2.24, 2.45) is 5.92 Å². The second-order valence-electron chi connectivity index (χ2n) is 11.1. The van der Waals surface area contributed by atoms with Crippen molar-refractivity contribution in [3.05, 3.63) is 41.1 Å². The Bertz CT molecular complexity index is 1210. The van der Waals surface area contributed by atoms with Crippen molar-refractivity contribution in [1.82, 2.24) is 26.3 Å². The number of anilines is 1. The molecule has 0 bridgehead atoms. The number of carbonyl (C=O) groups excluding carboxylic acids is 3. The van der Waals surface area contributed by atoms with Crippen LogP contribution in [0.2, 0.25) is 0 Å². The zero-order valence-electron chi connectivity index (χ0n) is 22.2. The zero-order chi connectivity index (χ0) is 27.1. The van der Waals surface area contributed by atoms with E-state index in [9.17, 15) is 14.4 Å². The van der Waals surface area contributed by atoms with Gasteiger partial charge in [0.2, 0.25) is 11.8 Å². The SMILES string of the molecule is C=CC(=O)N[C@H]1CC[C@@H](NC(=O)C2=C3NC(=O)N(c4cnc(OC5CCCC5)cc4C)C4CCNC(S2)C34)C1. The maximum atomic E-state index is 13.6. The average molecular weight is 553 g/mol. The molecule has 4 N–H and O–H groups in total. The van der Waals surface area contributed by atoms with Crippen LogP contribution < -0.4 is 30.9 Å². The summed E-state index contributed by atoms with van der Waals surface area (Å²) in [4.78, 5) is 45.6. The minimum Gasteiger partial charge on any atom is -0.474 e. The van der Waals surface area contributed by atoms with Crippen LogP contribution in [0.25, 0.3) is 0 Å². The molecule has 2 saturated carbocycles. The Kier molecular flexibility index (Phi) is 7.28. The number of amides is 4. The number of carbonyl (C=O) groups is 3. The molecule has 0 radical (unpaired) electrons. The number of urea groups is 1. The van der Waals surface area contributed by atoms with E-state index in [4.69, 9.17) is 4.74 Å². The predicted octanol–water partition coefficient (Wildman–Crippen LogP) is 2.84. The molecule has 1 aromatic rings. The summed E-state index contributed by atoms with van der Waals surface area (Å²) >= 11 is 1.50. The Balaban J connectivity index is 1.18. The van der Waals surface area contributed by atoms with E-state index in [1.165, 1.54) is 30.7 Å². The van der Waals surface area contributed by atoms with Gasteiger partial charge in [0.1, 0.15) is 6.10 Å². The largest absolute Gasteiger partial charge is 0.474 e. The molecule has 5 atom stereocenters. The van der Waals surface area contributed by atoms with Gasteiger partial charge in [-0.15, -0.1) is 0 Å². The minimum absolute atomic E-state index is 0.00374.